The minimum absolute atomic E-state index is 1.01. The Bertz CT molecular complexity index is 883. The molecule has 4 rings (SSSR count). The van der Waals surface area contributed by atoms with Crippen LogP contribution in [0.15, 0.2) is 66.8 Å². The van der Waals surface area contributed by atoms with Gasteiger partial charge >= 0.3 is 0 Å². The summed E-state index contributed by atoms with van der Waals surface area (Å²) in [6.07, 6.45) is 8.96. The van der Waals surface area contributed by atoms with Crippen LogP contribution in [0.1, 0.15) is 18.4 Å². The number of nitrogens with zero attached hydrogens (tertiary/aromatic N) is 2. The number of fused-ring (bicyclic) bond motifs is 1. The molecule has 0 N–H and O–H groups in total. The van der Waals surface area contributed by atoms with Gasteiger partial charge in [-0.05, 0) is 43.5 Å². The molecule has 0 spiro atoms. The molecule has 1 heterocycles. The summed E-state index contributed by atoms with van der Waals surface area (Å²) in [6.45, 7) is 2.13. The average molecular weight is 286 g/mol. The molecule has 0 amide bonds. The lowest BCUT2D eigenvalue weighted by Gasteiger charge is -2.13. The molecule has 0 radical (unpaired) electrons. The van der Waals surface area contributed by atoms with E-state index >= 15 is 0 Å². The zero-order valence-electron chi connectivity index (χ0n) is 12.7. The van der Waals surface area contributed by atoms with E-state index in [0.717, 1.165) is 29.7 Å². The Morgan fingerprint density at radius 3 is 2.64 bits per heavy atom. The monoisotopic (exact) mass is 286 g/mol. The summed E-state index contributed by atoms with van der Waals surface area (Å²) < 4.78 is 2.29. The predicted octanol–water partition coefficient (Wildman–Crippen LogP) is 5.20. The maximum absolute atomic E-state index is 4.89. The van der Waals surface area contributed by atoms with Gasteiger partial charge in [0.2, 0.25) is 0 Å². The standard InChI is InChI=1S/C20H18N2/c1-15-12-13-18-19(14-15)22(17-10-6-3-7-11-17)20(21-18)16-8-4-2-5-9-16/h2,4-6,8-14H,3,7H2,1H3. The van der Waals surface area contributed by atoms with Crippen LogP contribution in [-0.4, -0.2) is 9.55 Å². The van der Waals surface area contributed by atoms with Gasteiger partial charge in [-0.1, -0.05) is 48.6 Å². The Hall–Kier alpha value is -2.61. The number of allylic oxidation sites excluding steroid dienone is 4. The molecule has 22 heavy (non-hydrogen) atoms. The lowest BCUT2D eigenvalue weighted by atomic mass is 10.1. The number of hydrogen-bond donors (Lipinski definition) is 0. The highest BCUT2D eigenvalue weighted by atomic mass is 15.1. The van der Waals surface area contributed by atoms with Crippen LogP contribution < -0.4 is 0 Å². The average Bonchev–Trinajstić information content (AvgIpc) is 2.95. The summed E-state index contributed by atoms with van der Waals surface area (Å²) in [5.74, 6) is 1.01. The number of hydrogen-bond acceptors (Lipinski definition) is 1. The number of rotatable bonds is 2. The Kier molecular flexibility index (Phi) is 3.15. The van der Waals surface area contributed by atoms with Crippen molar-refractivity contribution in [2.45, 2.75) is 19.8 Å². The summed E-state index contributed by atoms with van der Waals surface area (Å²) in [4.78, 5) is 4.89. The second-order valence-electron chi connectivity index (χ2n) is 5.74. The summed E-state index contributed by atoms with van der Waals surface area (Å²) in [5, 5.41) is 0. The van der Waals surface area contributed by atoms with E-state index in [9.17, 15) is 0 Å². The van der Waals surface area contributed by atoms with Crippen molar-refractivity contribution in [1.82, 2.24) is 9.55 Å². The number of aromatic nitrogens is 2. The zero-order valence-corrected chi connectivity index (χ0v) is 12.7. The molecule has 0 fully saturated rings. The van der Waals surface area contributed by atoms with Crippen LogP contribution in [0, 0.1) is 6.92 Å². The van der Waals surface area contributed by atoms with Crippen molar-refractivity contribution in [2.75, 3.05) is 0 Å². The third-order valence-electron chi connectivity index (χ3n) is 4.08. The smallest absolute Gasteiger partial charge is 0.145 e. The van der Waals surface area contributed by atoms with Gasteiger partial charge in [0.15, 0.2) is 0 Å². The van der Waals surface area contributed by atoms with Gasteiger partial charge in [-0.2, -0.15) is 0 Å². The van der Waals surface area contributed by atoms with Crippen LogP contribution in [0.4, 0.5) is 0 Å². The molecule has 3 aromatic rings. The van der Waals surface area contributed by atoms with Crippen LogP contribution in [0.25, 0.3) is 28.1 Å². The van der Waals surface area contributed by atoms with Crippen LogP contribution in [0.3, 0.4) is 0 Å². The highest BCUT2D eigenvalue weighted by molar-refractivity contribution is 5.87. The topological polar surface area (TPSA) is 17.8 Å². The Labute approximate surface area is 130 Å². The van der Waals surface area contributed by atoms with E-state index in [1.807, 2.05) is 6.07 Å². The molecule has 2 heteroatoms. The fourth-order valence-corrected chi connectivity index (χ4v) is 2.99. The van der Waals surface area contributed by atoms with E-state index in [1.54, 1.807) is 0 Å². The molecule has 1 aromatic heterocycles. The molecule has 0 saturated heterocycles. The van der Waals surface area contributed by atoms with E-state index in [0.29, 0.717) is 0 Å². The van der Waals surface area contributed by atoms with E-state index in [-0.39, 0.29) is 0 Å². The molecule has 0 saturated carbocycles. The van der Waals surface area contributed by atoms with Crippen molar-refractivity contribution in [2.24, 2.45) is 0 Å². The molecule has 0 atom stereocenters. The van der Waals surface area contributed by atoms with E-state index < -0.39 is 0 Å². The van der Waals surface area contributed by atoms with E-state index in [4.69, 9.17) is 4.98 Å². The molecule has 0 unspecified atom stereocenters. The van der Waals surface area contributed by atoms with E-state index in [2.05, 4.69) is 72.2 Å². The van der Waals surface area contributed by atoms with Crippen LogP contribution in [-0.2, 0) is 0 Å². The van der Waals surface area contributed by atoms with Crippen molar-refractivity contribution in [1.29, 1.82) is 0 Å². The molecule has 1 aliphatic rings. The van der Waals surface area contributed by atoms with Crippen molar-refractivity contribution in [3.63, 3.8) is 0 Å². The normalized spacial score (nSPS) is 14.3. The fraction of sp³-hybridized carbons (Fsp3) is 0.150. The molecule has 108 valence electrons. The molecule has 0 bridgehead atoms. The lowest BCUT2D eigenvalue weighted by Crippen LogP contribution is -2.00. The maximum atomic E-state index is 4.89. The van der Waals surface area contributed by atoms with Crippen LogP contribution >= 0.6 is 0 Å². The highest BCUT2D eigenvalue weighted by Crippen LogP contribution is 2.30. The minimum Gasteiger partial charge on any atom is -0.293 e. The summed E-state index contributed by atoms with van der Waals surface area (Å²) in [7, 11) is 0. The lowest BCUT2D eigenvalue weighted by molar-refractivity contribution is 1.01. The van der Waals surface area contributed by atoms with Gasteiger partial charge in [-0.3, -0.25) is 4.57 Å². The largest absolute Gasteiger partial charge is 0.293 e. The number of aryl methyl sites for hydroxylation is 1. The third-order valence-corrected chi connectivity index (χ3v) is 4.08. The van der Waals surface area contributed by atoms with Gasteiger partial charge in [-0.15, -0.1) is 0 Å². The maximum Gasteiger partial charge on any atom is 0.145 e. The second-order valence-corrected chi connectivity index (χ2v) is 5.74. The van der Waals surface area contributed by atoms with Gasteiger partial charge in [-0.25, -0.2) is 4.98 Å². The quantitative estimate of drug-likeness (QED) is 0.633. The molecule has 0 aliphatic heterocycles. The first-order valence-electron chi connectivity index (χ1n) is 7.74. The first kappa shape index (κ1) is 13.1. The first-order valence-corrected chi connectivity index (χ1v) is 7.74. The first-order chi connectivity index (χ1) is 10.8. The highest BCUT2D eigenvalue weighted by Gasteiger charge is 2.15. The van der Waals surface area contributed by atoms with Crippen molar-refractivity contribution < 1.29 is 0 Å². The van der Waals surface area contributed by atoms with E-state index in [1.165, 1.54) is 16.8 Å². The predicted molar refractivity (Wildman–Crippen MR) is 92.6 cm³/mol. The van der Waals surface area contributed by atoms with Crippen LogP contribution in [0.5, 0.6) is 0 Å². The van der Waals surface area contributed by atoms with Gasteiger partial charge in [0, 0.05) is 11.3 Å². The van der Waals surface area contributed by atoms with Gasteiger partial charge in [0.1, 0.15) is 5.82 Å². The molecule has 1 aliphatic carbocycles. The number of imidazole rings is 1. The van der Waals surface area contributed by atoms with Crippen molar-refractivity contribution in [3.8, 4) is 11.4 Å². The Morgan fingerprint density at radius 1 is 1.00 bits per heavy atom. The van der Waals surface area contributed by atoms with Crippen LogP contribution in [0.2, 0.25) is 0 Å². The van der Waals surface area contributed by atoms with Crippen molar-refractivity contribution >= 4 is 16.7 Å². The summed E-state index contributed by atoms with van der Waals surface area (Å²) >= 11 is 0. The molecule has 2 aromatic carbocycles. The zero-order chi connectivity index (χ0) is 14.9. The minimum atomic E-state index is 1.01. The number of benzene rings is 2. The molecule has 2 nitrogen and oxygen atoms in total. The second kappa shape index (κ2) is 5.30. The van der Waals surface area contributed by atoms with Gasteiger partial charge in [0.05, 0.1) is 11.0 Å². The third kappa shape index (κ3) is 2.17. The molecular weight excluding hydrogens is 268 g/mol. The van der Waals surface area contributed by atoms with Crippen molar-refractivity contribution in [3.05, 3.63) is 72.3 Å². The summed E-state index contributed by atoms with van der Waals surface area (Å²) in [5.41, 5.74) is 5.85. The summed E-state index contributed by atoms with van der Waals surface area (Å²) in [6, 6.07) is 16.9. The van der Waals surface area contributed by atoms with Gasteiger partial charge in [0.25, 0.3) is 0 Å². The molecular formula is C20H18N2. The SMILES string of the molecule is Cc1ccc2nc(-c3ccccc3)n(C3=CCCC=C3)c2c1. The van der Waals surface area contributed by atoms with Gasteiger partial charge < -0.3 is 0 Å². The fourth-order valence-electron chi connectivity index (χ4n) is 2.99. The Balaban J connectivity index is 2.03. The Morgan fingerprint density at radius 2 is 1.86 bits per heavy atom.